The lowest BCUT2D eigenvalue weighted by molar-refractivity contribution is -0.132. The van der Waals surface area contributed by atoms with Gasteiger partial charge in [-0.2, -0.15) is 0 Å². The molecule has 0 aliphatic carbocycles. The molecule has 0 bridgehead atoms. The SMILES string of the molecule is CNCCC(=O)N1CCC(Cc2cccc(F)c2)CC1. The van der Waals surface area contributed by atoms with Crippen molar-refractivity contribution in [2.45, 2.75) is 25.7 Å². The zero-order valence-electron chi connectivity index (χ0n) is 12.1. The molecule has 1 fully saturated rings. The van der Waals surface area contributed by atoms with Gasteiger partial charge < -0.3 is 10.2 Å². The van der Waals surface area contributed by atoms with E-state index in [0.717, 1.165) is 44.5 Å². The molecule has 110 valence electrons. The molecule has 1 heterocycles. The van der Waals surface area contributed by atoms with Crippen LogP contribution in [0.25, 0.3) is 0 Å². The molecule has 0 saturated carbocycles. The quantitative estimate of drug-likeness (QED) is 0.895. The van der Waals surface area contributed by atoms with Crippen LogP contribution in [0.5, 0.6) is 0 Å². The number of likely N-dealkylation sites (tertiary alicyclic amines) is 1. The second kappa shape index (κ2) is 7.39. The second-order valence-electron chi connectivity index (χ2n) is 5.51. The van der Waals surface area contributed by atoms with E-state index in [1.807, 2.05) is 18.0 Å². The zero-order valence-corrected chi connectivity index (χ0v) is 12.1. The molecule has 4 heteroatoms. The lowest BCUT2D eigenvalue weighted by atomic mass is 9.90. The number of amides is 1. The summed E-state index contributed by atoms with van der Waals surface area (Å²) < 4.78 is 13.1. The van der Waals surface area contributed by atoms with Gasteiger partial charge >= 0.3 is 0 Å². The predicted molar refractivity (Wildman–Crippen MR) is 78.0 cm³/mol. The average molecular weight is 278 g/mol. The van der Waals surface area contributed by atoms with Crippen LogP contribution in [0.15, 0.2) is 24.3 Å². The number of hydrogen-bond donors (Lipinski definition) is 1. The molecule has 1 aliphatic rings. The lowest BCUT2D eigenvalue weighted by Crippen LogP contribution is -2.39. The van der Waals surface area contributed by atoms with E-state index in [4.69, 9.17) is 0 Å². The molecule has 3 nitrogen and oxygen atoms in total. The van der Waals surface area contributed by atoms with Crippen molar-refractivity contribution in [3.8, 4) is 0 Å². The molecule has 1 amide bonds. The highest BCUT2D eigenvalue weighted by Crippen LogP contribution is 2.22. The van der Waals surface area contributed by atoms with E-state index in [9.17, 15) is 9.18 Å². The summed E-state index contributed by atoms with van der Waals surface area (Å²) in [5.74, 6) is 0.635. The van der Waals surface area contributed by atoms with Gasteiger partial charge in [0.05, 0.1) is 0 Å². The van der Waals surface area contributed by atoms with Crippen molar-refractivity contribution < 1.29 is 9.18 Å². The first-order valence-electron chi connectivity index (χ1n) is 7.36. The Balaban J connectivity index is 1.78. The van der Waals surface area contributed by atoms with E-state index in [-0.39, 0.29) is 11.7 Å². The fourth-order valence-electron chi connectivity index (χ4n) is 2.77. The van der Waals surface area contributed by atoms with E-state index in [1.165, 1.54) is 6.07 Å². The molecule has 0 unspecified atom stereocenters. The highest BCUT2D eigenvalue weighted by molar-refractivity contribution is 5.76. The largest absolute Gasteiger partial charge is 0.343 e. The molecule has 2 rings (SSSR count). The van der Waals surface area contributed by atoms with E-state index in [1.54, 1.807) is 12.1 Å². The Morgan fingerprint density at radius 2 is 2.15 bits per heavy atom. The molecule has 1 aromatic rings. The number of hydrogen-bond acceptors (Lipinski definition) is 2. The standard InChI is InChI=1S/C16H23FN2O/c1-18-8-5-16(20)19-9-6-13(7-10-19)11-14-3-2-4-15(17)12-14/h2-4,12-13,18H,5-11H2,1H3. The van der Waals surface area contributed by atoms with Gasteiger partial charge in [0.2, 0.25) is 5.91 Å². The first-order chi connectivity index (χ1) is 9.69. The summed E-state index contributed by atoms with van der Waals surface area (Å²) in [5, 5.41) is 3.00. The summed E-state index contributed by atoms with van der Waals surface area (Å²) in [4.78, 5) is 13.9. The smallest absolute Gasteiger partial charge is 0.223 e. The summed E-state index contributed by atoms with van der Waals surface area (Å²) in [5.41, 5.74) is 1.06. The Hall–Kier alpha value is -1.42. The molecule has 1 saturated heterocycles. The molecule has 1 aliphatic heterocycles. The number of benzene rings is 1. The normalized spacial score (nSPS) is 16.4. The highest BCUT2D eigenvalue weighted by atomic mass is 19.1. The first-order valence-corrected chi connectivity index (χ1v) is 7.36. The molecular formula is C16H23FN2O. The lowest BCUT2D eigenvalue weighted by Gasteiger charge is -2.32. The van der Waals surface area contributed by atoms with Crippen molar-refractivity contribution in [1.82, 2.24) is 10.2 Å². The van der Waals surface area contributed by atoms with Crippen LogP contribution in [-0.2, 0) is 11.2 Å². The van der Waals surface area contributed by atoms with Crippen molar-refractivity contribution >= 4 is 5.91 Å². The molecule has 0 radical (unpaired) electrons. The fourth-order valence-corrected chi connectivity index (χ4v) is 2.77. The number of carbonyl (C=O) groups excluding carboxylic acids is 1. The third-order valence-electron chi connectivity index (χ3n) is 3.97. The highest BCUT2D eigenvalue weighted by Gasteiger charge is 2.22. The van der Waals surface area contributed by atoms with Crippen LogP contribution < -0.4 is 5.32 Å². The van der Waals surface area contributed by atoms with Crippen molar-refractivity contribution in [3.63, 3.8) is 0 Å². The van der Waals surface area contributed by atoms with Gasteiger partial charge in [0, 0.05) is 26.1 Å². The Kier molecular flexibility index (Phi) is 5.53. The Morgan fingerprint density at radius 1 is 1.40 bits per heavy atom. The summed E-state index contributed by atoms with van der Waals surface area (Å²) in [6.45, 7) is 2.41. The van der Waals surface area contributed by atoms with Crippen LogP contribution in [-0.4, -0.2) is 37.5 Å². The maximum Gasteiger partial charge on any atom is 0.223 e. The van der Waals surface area contributed by atoms with Crippen LogP contribution in [0.2, 0.25) is 0 Å². The van der Waals surface area contributed by atoms with Crippen molar-refractivity contribution in [2.75, 3.05) is 26.7 Å². The maximum absolute atomic E-state index is 13.1. The number of nitrogens with zero attached hydrogens (tertiary/aromatic N) is 1. The van der Waals surface area contributed by atoms with E-state index in [2.05, 4.69) is 5.32 Å². The van der Waals surface area contributed by atoms with Crippen LogP contribution in [0.3, 0.4) is 0 Å². The van der Waals surface area contributed by atoms with Crippen molar-refractivity contribution in [2.24, 2.45) is 5.92 Å². The van der Waals surface area contributed by atoms with Gasteiger partial charge in [-0.05, 0) is 49.9 Å². The minimum absolute atomic E-state index is 0.165. The Bertz CT molecular complexity index is 442. The molecule has 0 atom stereocenters. The molecule has 1 N–H and O–H groups in total. The molecule has 20 heavy (non-hydrogen) atoms. The summed E-state index contributed by atoms with van der Waals surface area (Å²) in [6.07, 6.45) is 3.52. The Labute approximate surface area is 120 Å². The number of rotatable bonds is 5. The van der Waals surface area contributed by atoms with E-state index >= 15 is 0 Å². The summed E-state index contributed by atoms with van der Waals surface area (Å²) in [6, 6.07) is 6.84. The monoisotopic (exact) mass is 278 g/mol. The van der Waals surface area contributed by atoms with Gasteiger partial charge in [-0.15, -0.1) is 0 Å². The van der Waals surface area contributed by atoms with Crippen LogP contribution >= 0.6 is 0 Å². The van der Waals surface area contributed by atoms with Crippen molar-refractivity contribution in [1.29, 1.82) is 0 Å². The third kappa shape index (κ3) is 4.30. The molecule has 0 aromatic heterocycles. The van der Waals surface area contributed by atoms with Gasteiger partial charge in [-0.25, -0.2) is 4.39 Å². The summed E-state index contributed by atoms with van der Waals surface area (Å²) in [7, 11) is 1.86. The second-order valence-corrected chi connectivity index (χ2v) is 5.51. The third-order valence-corrected chi connectivity index (χ3v) is 3.97. The predicted octanol–water partition coefficient (Wildman–Crippen LogP) is 2.22. The average Bonchev–Trinajstić information content (AvgIpc) is 2.45. The van der Waals surface area contributed by atoms with Gasteiger partial charge in [0.15, 0.2) is 0 Å². The number of halogens is 1. The molecular weight excluding hydrogens is 255 g/mol. The maximum atomic E-state index is 13.1. The van der Waals surface area contributed by atoms with Crippen molar-refractivity contribution in [3.05, 3.63) is 35.6 Å². The minimum Gasteiger partial charge on any atom is -0.343 e. The zero-order chi connectivity index (χ0) is 14.4. The van der Waals surface area contributed by atoms with Crippen LogP contribution in [0.1, 0.15) is 24.8 Å². The van der Waals surface area contributed by atoms with Gasteiger partial charge in [0.1, 0.15) is 5.82 Å². The van der Waals surface area contributed by atoms with Gasteiger partial charge in [0.25, 0.3) is 0 Å². The Morgan fingerprint density at radius 3 is 2.80 bits per heavy atom. The topological polar surface area (TPSA) is 32.3 Å². The number of piperidine rings is 1. The van der Waals surface area contributed by atoms with Gasteiger partial charge in [-0.3, -0.25) is 4.79 Å². The van der Waals surface area contributed by atoms with Crippen LogP contribution in [0.4, 0.5) is 4.39 Å². The van der Waals surface area contributed by atoms with E-state index < -0.39 is 0 Å². The van der Waals surface area contributed by atoms with Crippen LogP contribution in [0, 0.1) is 11.7 Å². The molecule has 1 aromatic carbocycles. The number of carbonyl (C=O) groups is 1. The first kappa shape index (κ1) is 15.0. The number of nitrogens with one attached hydrogen (secondary N) is 1. The molecule has 0 spiro atoms. The summed E-state index contributed by atoms with van der Waals surface area (Å²) >= 11 is 0. The van der Waals surface area contributed by atoms with Gasteiger partial charge in [-0.1, -0.05) is 12.1 Å². The van der Waals surface area contributed by atoms with E-state index in [0.29, 0.717) is 12.3 Å². The minimum atomic E-state index is -0.165. The fraction of sp³-hybridized carbons (Fsp3) is 0.562.